The fourth-order valence-electron chi connectivity index (χ4n) is 2.09. The van der Waals surface area contributed by atoms with Gasteiger partial charge in [-0.3, -0.25) is 15.0 Å². The van der Waals surface area contributed by atoms with Crippen molar-refractivity contribution in [1.29, 1.82) is 0 Å². The van der Waals surface area contributed by atoms with E-state index in [9.17, 15) is 10.1 Å². The number of hydrogen-bond acceptors (Lipinski definition) is 4. The molecule has 1 unspecified atom stereocenters. The van der Waals surface area contributed by atoms with Crippen molar-refractivity contribution in [3.63, 3.8) is 0 Å². The molecule has 0 amide bonds. The maximum absolute atomic E-state index is 10.9. The van der Waals surface area contributed by atoms with E-state index in [4.69, 9.17) is 4.74 Å². The van der Waals surface area contributed by atoms with Gasteiger partial charge in [0.2, 0.25) is 0 Å². The van der Waals surface area contributed by atoms with Crippen LogP contribution in [0.2, 0.25) is 0 Å². The van der Waals surface area contributed by atoms with Crippen LogP contribution < -0.4 is 0 Å². The van der Waals surface area contributed by atoms with Crippen LogP contribution in [-0.4, -0.2) is 35.6 Å². The van der Waals surface area contributed by atoms with Crippen LogP contribution in [0.1, 0.15) is 12.5 Å². The number of rotatable bonds is 3. The van der Waals surface area contributed by atoms with E-state index < -0.39 is 0 Å². The number of benzene rings is 1. The highest BCUT2D eigenvalue weighted by Crippen LogP contribution is 2.26. The molecule has 0 saturated carbocycles. The Balaban J connectivity index is 2.09. The molecule has 1 atom stereocenters. The van der Waals surface area contributed by atoms with Crippen molar-refractivity contribution >= 4 is 21.6 Å². The highest BCUT2D eigenvalue weighted by molar-refractivity contribution is 9.10. The average molecular weight is 315 g/mol. The van der Waals surface area contributed by atoms with Crippen molar-refractivity contribution in [2.75, 3.05) is 19.7 Å². The highest BCUT2D eigenvalue weighted by atomic mass is 79.9. The second-order valence-electron chi connectivity index (χ2n) is 4.46. The molecule has 1 aliphatic rings. The van der Waals surface area contributed by atoms with E-state index in [0.717, 1.165) is 31.8 Å². The Bertz CT molecular complexity index is 453. The fraction of sp³-hybridized carbons (Fsp3) is 0.500. The molecule has 98 valence electrons. The van der Waals surface area contributed by atoms with Gasteiger partial charge in [0.25, 0.3) is 5.69 Å². The van der Waals surface area contributed by atoms with E-state index in [1.54, 1.807) is 12.1 Å². The number of nitrogens with zero attached hydrogens (tertiary/aromatic N) is 2. The molecule has 1 fully saturated rings. The molecule has 0 aliphatic carbocycles. The van der Waals surface area contributed by atoms with E-state index in [1.165, 1.54) is 0 Å². The molecule has 5 nitrogen and oxygen atoms in total. The van der Waals surface area contributed by atoms with E-state index in [2.05, 4.69) is 20.8 Å². The van der Waals surface area contributed by atoms with Crippen LogP contribution in [0.4, 0.5) is 5.69 Å². The molecule has 1 aromatic carbocycles. The Morgan fingerprint density at radius 1 is 1.61 bits per heavy atom. The number of ether oxygens (including phenoxy) is 1. The first kappa shape index (κ1) is 13.5. The summed E-state index contributed by atoms with van der Waals surface area (Å²) in [6.45, 7) is 5.22. The van der Waals surface area contributed by atoms with Crippen molar-refractivity contribution in [2.45, 2.75) is 19.6 Å². The monoisotopic (exact) mass is 314 g/mol. The summed E-state index contributed by atoms with van der Waals surface area (Å²) in [6.07, 6.45) is 0.226. The van der Waals surface area contributed by atoms with Crippen LogP contribution in [0, 0.1) is 10.1 Å². The van der Waals surface area contributed by atoms with Crippen molar-refractivity contribution < 1.29 is 9.66 Å². The van der Waals surface area contributed by atoms with Gasteiger partial charge < -0.3 is 4.74 Å². The third-order valence-corrected chi connectivity index (χ3v) is 3.61. The Morgan fingerprint density at radius 2 is 2.39 bits per heavy atom. The Labute approximate surface area is 114 Å². The minimum absolute atomic E-state index is 0.119. The van der Waals surface area contributed by atoms with E-state index >= 15 is 0 Å². The molecule has 6 heteroatoms. The number of hydrogen-bond donors (Lipinski definition) is 0. The molecule has 1 heterocycles. The number of morpholine rings is 1. The topological polar surface area (TPSA) is 55.6 Å². The first-order valence-electron chi connectivity index (χ1n) is 5.83. The van der Waals surface area contributed by atoms with E-state index in [1.807, 2.05) is 13.0 Å². The normalized spacial score (nSPS) is 20.9. The Morgan fingerprint density at radius 3 is 3.06 bits per heavy atom. The summed E-state index contributed by atoms with van der Waals surface area (Å²) in [5.41, 5.74) is 1.08. The minimum Gasteiger partial charge on any atom is -0.376 e. The van der Waals surface area contributed by atoms with Crippen molar-refractivity contribution in [1.82, 2.24) is 4.90 Å². The van der Waals surface area contributed by atoms with Gasteiger partial charge in [-0.25, -0.2) is 0 Å². The first-order valence-corrected chi connectivity index (χ1v) is 6.62. The average Bonchev–Trinajstić information content (AvgIpc) is 2.31. The summed E-state index contributed by atoms with van der Waals surface area (Å²) in [5, 5.41) is 10.9. The second-order valence-corrected chi connectivity index (χ2v) is 5.31. The van der Waals surface area contributed by atoms with E-state index in [0.29, 0.717) is 4.47 Å². The molecule has 0 bridgehead atoms. The summed E-state index contributed by atoms with van der Waals surface area (Å²) in [4.78, 5) is 12.7. The highest BCUT2D eigenvalue weighted by Gasteiger charge is 2.18. The van der Waals surface area contributed by atoms with E-state index in [-0.39, 0.29) is 16.7 Å². The zero-order valence-electron chi connectivity index (χ0n) is 10.1. The van der Waals surface area contributed by atoms with Gasteiger partial charge in [-0.15, -0.1) is 0 Å². The van der Waals surface area contributed by atoms with Gasteiger partial charge in [-0.1, -0.05) is 6.07 Å². The quantitative estimate of drug-likeness (QED) is 0.635. The first-order chi connectivity index (χ1) is 8.56. The maximum atomic E-state index is 10.9. The van der Waals surface area contributed by atoms with Gasteiger partial charge in [-0.05, 0) is 34.5 Å². The predicted octanol–water partition coefficient (Wildman–Crippen LogP) is 2.58. The van der Waals surface area contributed by atoms with Crippen LogP contribution in [0.25, 0.3) is 0 Å². The minimum atomic E-state index is -0.366. The molecular formula is C12H15BrN2O3. The standard InChI is InChI=1S/C12H15BrN2O3/c1-9-7-14(4-5-18-9)8-10-2-3-11(13)12(6-10)15(16)17/h2-3,6,9H,4-5,7-8H2,1H3. The number of halogens is 1. The molecule has 1 saturated heterocycles. The van der Waals surface area contributed by atoms with Crippen LogP contribution in [0.5, 0.6) is 0 Å². The largest absolute Gasteiger partial charge is 0.376 e. The lowest BCUT2D eigenvalue weighted by molar-refractivity contribution is -0.385. The summed E-state index contributed by atoms with van der Waals surface area (Å²) in [5.74, 6) is 0. The van der Waals surface area contributed by atoms with Gasteiger partial charge in [0.15, 0.2) is 0 Å². The molecule has 18 heavy (non-hydrogen) atoms. The predicted molar refractivity (Wildman–Crippen MR) is 71.5 cm³/mol. The molecule has 0 aromatic heterocycles. The zero-order valence-corrected chi connectivity index (χ0v) is 11.7. The molecule has 1 aromatic rings. The Kier molecular flexibility index (Phi) is 4.31. The number of nitro benzene ring substituents is 1. The third kappa shape index (κ3) is 3.28. The van der Waals surface area contributed by atoms with Gasteiger partial charge in [0, 0.05) is 25.7 Å². The molecule has 0 spiro atoms. The summed E-state index contributed by atoms with van der Waals surface area (Å²) < 4.78 is 5.99. The molecule has 0 N–H and O–H groups in total. The second kappa shape index (κ2) is 5.77. The summed E-state index contributed by atoms with van der Waals surface area (Å²) in [6, 6.07) is 5.28. The van der Waals surface area contributed by atoms with Gasteiger partial charge in [0.05, 0.1) is 22.1 Å². The van der Waals surface area contributed by atoms with Crippen LogP contribution in [-0.2, 0) is 11.3 Å². The number of nitro groups is 1. The van der Waals surface area contributed by atoms with Crippen molar-refractivity contribution in [3.05, 3.63) is 38.3 Å². The van der Waals surface area contributed by atoms with Gasteiger partial charge in [0.1, 0.15) is 0 Å². The smallest absolute Gasteiger partial charge is 0.283 e. The molecule has 0 radical (unpaired) electrons. The summed E-state index contributed by atoms with van der Waals surface area (Å²) >= 11 is 3.19. The molecule has 1 aliphatic heterocycles. The summed E-state index contributed by atoms with van der Waals surface area (Å²) in [7, 11) is 0. The lowest BCUT2D eigenvalue weighted by Gasteiger charge is -2.31. The lowest BCUT2D eigenvalue weighted by Crippen LogP contribution is -2.40. The molecular weight excluding hydrogens is 300 g/mol. The lowest BCUT2D eigenvalue weighted by atomic mass is 10.1. The maximum Gasteiger partial charge on any atom is 0.283 e. The van der Waals surface area contributed by atoms with Crippen molar-refractivity contribution in [3.8, 4) is 0 Å². The zero-order chi connectivity index (χ0) is 13.1. The van der Waals surface area contributed by atoms with Crippen LogP contribution in [0.3, 0.4) is 0 Å². The van der Waals surface area contributed by atoms with Crippen LogP contribution in [0.15, 0.2) is 22.7 Å². The third-order valence-electron chi connectivity index (χ3n) is 2.94. The van der Waals surface area contributed by atoms with Gasteiger partial charge >= 0.3 is 0 Å². The Hall–Kier alpha value is -0.980. The fourth-order valence-corrected chi connectivity index (χ4v) is 2.48. The van der Waals surface area contributed by atoms with Crippen molar-refractivity contribution in [2.24, 2.45) is 0 Å². The SMILES string of the molecule is CC1CN(Cc2ccc(Br)c([N+](=O)[O-])c2)CCO1. The molecule has 2 rings (SSSR count). The van der Waals surface area contributed by atoms with Gasteiger partial charge in [-0.2, -0.15) is 0 Å². The van der Waals surface area contributed by atoms with Crippen LogP contribution >= 0.6 is 15.9 Å².